The summed E-state index contributed by atoms with van der Waals surface area (Å²) < 4.78 is 7.69. The Hall–Kier alpha value is -2.91. The maximum atomic E-state index is 12.2. The Bertz CT molecular complexity index is 692. The minimum Gasteiger partial charge on any atom is -0.475 e. The zero-order valence-corrected chi connectivity index (χ0v) is 12.5. The Balaban J connectivity index is 2.05. The van der Waals surface area contributed by atoms with Gasteiger partial charge in [-0.25, -0.2) is 0 Å². The van der Waals surface area contributed by atoms with Crippen molar-refractivity contribution in [2.24, 2.45) is 7.05 Å². The fourth-order valence-corrected chi connectivity index (χ4v) is 1.89. The molecule has 0 N–H and O–H groups in total. The Morgan fingerprint density at radius 2 is 2.27 bits per heavy atom. The third kappa shape index (κ3) is 3.22. The van der Waals surface area contributed by atoms with Crippen molar-refractivity contribution >= 4 is 11.6 Å². The molecule has 2 aromatic heterocycles. The third-order valence-electron chi connectivity index (χ3n) is 3.14. The van der Waals surface area contributed by atoms with Gasteiger partial charge in [0.1, 0.15) is 12.7 Å². The SMILES string of the molecule is COc1nn(CC(=O)N(C)Cc2ccnn2C)cc1[N+](=O)[O-]. The Morgan fingerprint density at radius 1 is 1.55 bits per heavy atom. The van der Waals surface area contributed by atoms with Crippen molar-refractivity contribution in [1.29, 1.82) is 0 Å². The van der Waals surface area contributed by atoms with E-state index in [-0.39, 0.29) is 24.0 Å². The molecule has 0 aliphatic carbocycles. The highest BCUT2D eigenvalue weighted by molar-refractivity contribution is 5.75. The maximum Gasteiger partial charge on any atom is 0.350 e. The number of amides is 1. The van der Waals surface area contributed by atoms with Crippen LogP contribution in [0.4, 0.5) is 5.69 Å². The highest BCUT2D eigenvalue weighted by Gasteiger charge is 2.22. The summed E-state index contributed by atoms with van der Waals surface area (Å²) >= 11 is 0. The minimum atomic E-state index is -0.605. The Labute approximate surface area is 126 Å². The van der Waals surface area contributed by atoms with Crippen molar-refractivity contribution in [3.8, 4) is 5.88 Å². The summed E-state index contributed by atoms with van der Waals surface area (Å²) in [4.78, 5) is 23.9. The number of aromatic nitrogens is 4. The van der Waals surface area contributed by atoms with Crippen LogP contribution in [-0.4, -0.2) is 49.4 Å². The van der Waals surface area contributed by atoms with Crippen molar-refractivity contribution in [2.75, 3.05) is 14.2 Å². The first-order chi connectivity index (χ1) is 10.4. The van der Waals surface area contributed by atoms with E-state index in [1.165, 1.54) is 22.9 Å². The van der Waals surface area contributed by atoms with Gasteiger partial charge >= 0.3 is 11.6 Å². The summed E-state index contributed by atoms with van der Waals surface area (Å²) in [6.07, 6.45) is 2.82. The number of nitrogens with zero attached hydrogens (tertiary/aromatic N) is 6. The second-order valence-corrected chi connectivity index (χ2v) is 4.67. The normalized spacial score (nSPS) is 10.5. The smallest absolute Gasteiger partial charge is 0.350 e. The van der Waals surface area contributed by atoms with Crippen molar-refractivity contribution in [3.63, 3.8) is 0 Å². The van der Waals surface area contributed by atoms with Crippen molar-refractivity contribution < 1.29 is 14.5 Å². The lowest BCUT2D eigenvalue weighted by Crippen LogP contribution is -2.30. The third-order valence-corrected chi connectivity index (χ3v) is 3.14. The summed E-state index contributed by atoms with van der Waals surface area (Å²) in [6, 6.07) is 1.81. The molecule has 0 saturated carbocycles. The molecule has 0 atom stereocenters. The predicted molar refractivity (Wildman–Crippen MR) is 75.1 cm³/mol. The fraction of sp³-hybridized carbons (Fsp3) is 0.417. The van der Waals surface area contributed by atoms with Crippen molar-refractivity contribution in [3.05, 3.63) is 34.3 Å². The molecule has 0 aromatic carbocycles. The fourth-order valence-electron chi connectivity index (χ4n) is 1.89. The molecule has 118 valence electrons. The van der Waals surface area contributed by atoms with Gasteiger partial charge in [0.2, 0.25) is 5.91 Å². The largest absolute Gasteiger partial charge is 0.475 e. The number of carbonyl (C=O) groups excluding carboxylic acids is 1. The quantitative estimate of drug-likeness (QED) is 0.557. The first-order valence-electron chi connectivity index (χ1n) is 6.39. The van der Waals surface area contributed by atoms with Gasteiger partial charge in [-0.2, -0.15) is 5.10 Å². The van der Waals surface area contributed by atoms with Crippen LogP contribution in [0.15, 0.2) is 18.5 Å². The standard InChI is InChI=1S/C12H16N6O4/c1-15(6-9-4-5-13-16(9)2)11(19)8-17-7-10(18(20)21)12(14-17)22-3/h4-5,7H,6,8H2,1-3H3. The molecule has 0 aliphatic rings. The minimum absolute atomic E-state index is 0.113. The van der Waals surface area contributed by atoms with Crippen LogP contribution < -0.4 is 4.74 Å². The molecule has 0 unspecified atom stereocenters. The lowest BCUT2D eigenvalue weighted by Gasteiger charge is -2.17. The van der Waals surface area contributed by atoms with Crippen LogP contribution in [0.2, 0.25) is 0 Å². The van der Waals surface area contributed by atoms with Crippen LogP contribution in [0.25, 0.3) is 0 Å². The second-order valence-electron chi connectivity index (χ2n) is 4.67. The number of carbonyl (C=O) groups is 1. The van der Waals surface area contributed by atoms with Gasteiger partial charge in [-0.3, -0.25) is 24.3 Å². The monoisotopic (exact) mass is 308 g/mol. The zero-order chi connectivity index (χ0) is 16.3. The van der Waals surface area contributed by atoms with Gasteiger partial charge in [0.05, 0.1) is 24.3 Å². The van der Waals surface area contributed by atoms with Crippen LogP contribution in [0.1, 0.15) is 5.69 Å². The average Bonchev–Trinajstić information content (AvgIpc) is 3.05. The molecule has 2 heterocycles. The molecule has 0 fully saturated rings. The van der Waals surface area contributed by atoms with E-state index in [1.807, 2.05) is 6.07 Å². The highest BCUT2D eigenvalue weighted by Crippen LogP contribution is 2.23. The molecule has 1 amide bonds. The van der Waals surface area contributed by atoms with Crippen LogP contribution in [0.5, 0.6) is 5.88 Å². The van der Waals surface area contributed by atoms with Gasteiger partial charge in [-0.15, -0.1) is 5.10 Å². The molecular weight excluding hydrogens is 292 g/mol. The number of aryl methyl sites for hydroxylation is 1. The van der Waals surface area contributed by atoms with Crippen LogP contribution in [-0.2, 0) is 24.9 Å². The number of likely N-dealkylation sites (N-methyl/N-ethyl adjacent to an activating group) is 1. The second kappa shape index (κ2) is 6.24. The van der Waals surface area contributed by atoms with E-state index in [2.05, 4.69) is 10.2 Å². The lowest BCUT2D eigenvalue weighted by atomic mass is 10.4. The summed E-state index contributed by atoms with van der Waals surface area (Å²) in [7, 11) is 4.72. The number of hydrogen-bond acceptors (Lipinski definition) is 6. The zero-order valence-electron chi connectivity index (χ0n) is 12.5. The number of methoxy groups -OCH3 is 1. The van der Waals surface area contributed by atoms with Crippen LogP contribution in [0, 0.1) is 10.1 Å². The number of hydrogen-bond donors (Lipinski definition) is 0. The molecule has 2 rings (SSSR count). The first-order valence-corrected chi connectivity index (χ1v) is 6.39. The lowest BCUT2D eigenvalue weighted by molar-refractivity contribution is -0.385. The maximum absolute atomic E-state index is 12.2. The number of ether oxygens (including phenoxy) is 1. The number of rotatable bonds is 6. The van der Waals surface area contributed by atoms with E-state index in [1.54, 1.807) is 25.0 Å². The van der Waals surface area contributed by atoms with Gasteiger partial charge < -0.3 is 9.64 Å². The summed E-state index contributed by atoms with van der Waals surface area (Å²) in [6.45, 7) is 0.272. The molecule has 2 aromatic rings. The molecule has 0 bridgehead atoms. The summed E-state index contributed by atoms with van der Waals surface area (Å²) in [5.41, 5.74) is 0.601. The average molecular weight is 308 g/mol. The van der Waals surface area contributed by atoms with E-state index in [9.17, 15) is 14.9 Å². The Kier molecular flexibility index (Phi) is 4.39. The molecule has 10 heteroatoms. The molecule has 0 saturated heterocycles. The molecule has 0 radical (unpaired) electrons. The summed E-state index contributed by atoms with van der Waals surface area (Å²) in [5, 5.41) is 18.7. The van der Waals surface area contributed by atoms with Crippen molar-refractivity contribution in [1.82, 2.24) is 24.5 Å². The Morgan fingerprint density at radius 3 is 2.77 bits per heavy atom. The van der Waals surface area contributed by atoms with Gasteiger partial charge in [-0.1, -0.05) is 0 Å². The van der Waals surface area contributed by atoms with Crippen LogP contribution in [0.3, 0.4) is 0 Å². The molecule has 10 nitrogen and oxygen atoms in total. The van der Waals surface area contributed by atoms with E-state index in [0.717, 1.165) is 5.69 Å². The molecule has 0 spiro atoms. The van der Waals surface area contributed by atoms with E-state index < -0.39 is 4.92 Å². The van der Waals surface area contributed by atoms with Gasteiger partial charge in [-0.05, 0) is 6.07 Å². The molecule has 0 aliphatic heterocycles. The topological polar surface area (TPSA) is 108 Å². The summed E-state index contributed by atoms with van der Waals surface area (Å²) in [5.74, 6) is -0.353. The van der Waals surface area contributed by atoms with Gasteiger partial charge in [0, 0.05) is 20.3 Å². The molecule has 22 heavy (non-hydrogen) atoms. The highest BCUT2D eigenvalue weighted by atomic mass is 16.6. The van der Waals surface area contributed by atoms with Crippen molar-refractivity contribution in [2.45, 2.75) is 13.1 Å². The van der Waals surface area contributed by atoms with E-state index in [0.29, 0.717) is 6.54 Å². The van der Waals surface area contributed by atoms with Gasteiger partial charge in [0.25, 0.3) is 0 Å². The van der Waals surface area contributed by atoms with Crippen LogP contribution >= 0.6 is 0 Å². The predicted octanol–water partition coefficient (Wildman–Crippen LogP) is 0.192. The number of nitro groups is 1. The molecular formula is C12H16N6O4. The van der Waals surface area contributed by atoms with Gasteiger partial charge in [0.15, 0.2) is 0 Å². The van der Waals surface area contributed by atoms with E-state index in [4.69, 9.17) is 4.74 Å². The first kappa shape index (κ1) is 15.5. The van der Waals surface area contributed by atoms with E-state index >= 15 is 0 Å².